The van der Waals surface area contributed by atoms with Gasteiger partial charge in [0.25, 0.3) is 5.91 Å². The molecule has 1 amide bonds. The first-order chi connectivity index (χ1) is 11.7. The zero-order valence-corrected chi connectivity index (χ0v) is 12.9. The average Bonchev–Trinajstić information content (AvgIpc) is 2.63. The number of carbonyl (C=O) groups excluding carboxylic acids is 1. The molecule has 0 aliphatic rings. The van der Waals surface area contributed by atoms with Crippen molar-refractivity contribution >= 4 is 5.91 Å². The maximum Gasteiger partial charge on any atom is 0.251 e. The molecule has 24 heavy (non-hydrogen) atoms. The van der Waals surface area contributed by atoms with Crippen LogP contribution in [0.2, 0.25) is 0 Å². The Bertz CT molecular complexity index is 802. The van der Waals surface area contributed by atoms with E-state index in [0.29, 0.717) is 24.4 Å². The van der Waals surface area contributed by atoms with E-state index in [0.717, 1.165) is 11.1 Å². The molecule has 0 saturated heterocycles. The van der Waals surface area contributed by atoms with Crippen LogP contribution in [0.1, 0.15) is 15.9 Å². The summed E-state index contributed by atoms with van der Waals surface area (Å²) in [4.78, 5) is 20.6. The number of nitrogens with zero attached hydrogens (tertiary/aromatic N) is 2. The summed E-state index contributed by atoms with van der Waals surface area (Å²) in [6.45, 7) is 0.463. The molecule has 0 aliphatic heterocycles. The van der Waals surface area contributed by atoms with Crippen molar-refractivity contribution < 1.29 is 9.18 Å². The van der Waals surface area contributed by atoms with Crippen LogP contribution in [0, 0.1) is 5.82 Å². The third-order valence-corrected chi connectivity index (χ3v) is 3.54. The number of amides is 1. The van der Waals surface area contributed by atoms with Crippen molar-refractivity contribution in [2.75, 3.05) is 6.54 Å². The Morgan fingerprint density at radius 1 is 0.958 bits per heavy atom. The van der Waals surface area contributed by atoms with Crippen LogP contribution in [0.3, 0.4) is 0 Å². The monoisotopic (exact) mass is 321 g/mol. The van der Waals surface area contributed by atoms with Gasteiger partial charge in [-0.2, -0.15) is 0 Å². The molecule has 1 aromatic heterocycles. The highest BCUT2D eigenvalue weighted by Gasteiger charge is 2.05. The standard InChI is InChI=1S/C19H16FN3O/c20-17-8-6-16(7-9-17)19(24)21-11-10-14-12-22-18(23-13-14)15-4-2-1-3-5-15/h1-9,12-13H,10-11H2,(H,21,24). The van der Waals surface area contributed by atoms with Crippen LogP contribution in [0.5, 0.6) is 0 Å². The van der Waals surface area contributed by atoms with Gasteiger partial charge in [0.2, 0.25) is 0 Å². The molecule has 0 atom stereocenters. The van der Waals surface area contributed by atoms with E-state index in [9.17, 15) is 9.18 Å². The molecule has 3 aromatic rings. The first kappa shape index (κ1) is 15.8. The summed E-state index contributed by atoms with van der Waals surface area (Å²) >= 11 is 0. The first-order valence-electron chi connectivity index (χ1n) is 7.62. The van der Waals surface area contributed by atoms with Crippen molar-refractivity contribution in [3.05, 3.63) is 83.9 Å². The van der Waals surface area contributed by atoms with E-state index in [-0.39, 0.29) is 11.7 Å². The van der Waals surface area contributed by atoms with E-state index in [2.05, 4.69) is 15.3 Å². The normalized spacial score (nSPS) is 10.4. The van der Waals surface area contributed by atoms with Gasteiger partial charge >= 0.3 is 0 Å². The topological polar surface area (TPSA) is 54.9 Å². The Kier molecular flexibility index (Phi) is 4.91. The minimum atomic E-state index is -0.359. The third kappa shape index (κ3) is 4.01. The lowest BCUT2D eigenvalue weighted by Crippen LogP contribution is -2.25. The van der Waals surface area contributed by atoms with Gasteiger partial charge in [-0.15, -0.1) is 0 Å². The molecular weight excluding hydrogens is 305 g/mol. The SMILES string of the molecule is O=C(NCCc1cnc(-c2ccccc2)nc1)c1ccc(F)cc1. The van der Waals surface area contributed by atoms with E-state index >= 15 is 0 Å². The van der Waals surface area contributed by atoms with Crippen LogP contribution in [-0.4, -0.2) is 22.4 Å². The number of benzene rings is 2. The summed E-state index contributed by atoms with van der Waals surface area (Å²) in [5.41, 5.74) is 2.34. The Balaban J connectivity index is 1.53. The van der Waals surface area contributed by atoms with Gasteiger partial charge in [-0.1, -0.05) is 30.3 Å². The highest BCUT2D eigenvalue weighted by atomic mass is 19.1. The molecule has 4 nitrogen and oxygen atoms in total. The van der Waals surface area contributed by atoms with Crippen LogP contribution >= 0.6 is 0 Å². The zero-order valence-electron chi connectivity index (χ0n) is 12.9. The molecule has 0 saturated carbocycles. The summed E-state index contributed by atoms with van der Waals surface area (Å²) < 4.78 is 12.8. The number of nitrogens with one attached hydrogen (secondary N) is 1. The van der Waals surface area contributed by atoms with E-state index < -0.39 is 0 Å². The van der Waals surface area contributed by atoms with Gasteiger partial charge < -0.3 is 5.32 Å². The minimum absolute atomic E-state index is 0.225. The lowest BCUT2D eigenvalue weighted by atomic mass is 10.2. The predicted octanol–water partition coefficient (Wildman–Crippen LogP) is 3.26. The van der Waals surface area contributed by atoms with Gasteiger partial charge in [0, 0.05) is 30.1 Å². The molecule has 1 N–H and O–H groups in total. The Hall–Kier alpha value is -3.08. The smallest absolute Gasteiger partial charge is 0.251 e. The second-order valence-corrected chi connectivity index (χ2v) is 5.29. The summed E-state index contributed by atoms with van der Waals surface area (Å²) in [6.07, 6.45) is 4.15. The van der Waals surface area contributed by atoms with Crippen LogP contribution in [0.4, 0.5) is 4.39 Å². The number of aromatic nitrogens is 2. The van der Waals surface area contributed by atoms with Gasteiger partial charge in [-0.25, -0.2) is 14.4 Å². The molecule has 0 aliphatic carbocycles. The highest BCUT2D eigenvalue weighted by Crippen LogP contribution is 2.13. The van der Waals surface area contributed by atoms with Crippen LogP contribution in [0.25, 0.3) is 11.4 Å². The van der Waals surface area contributed by atoms with Crippen LogP contribution in [0.15, 0.2) is 67.0 Å². The quantitative estimate of drug-likeness (QED) is 0.785. The second kappa shape index (κ2) is 7.46. The Morgan fingerprint density at radius 3 is 2.29 bits per heavy atom. The molecule has 120 valence electrons. The summed E-state index contributed by atoms with van der Waals surface area (Å²) in [7, 11) is 0. The average molecular weight is 321 g/mol. The van der Waals surface area contributed by atoms with Crippen molar-refractivity contribution in [3.8, 4) is 11.4 Å². The maximum absolute atomic E-state index is 12.8. The van der Waals surface area contributed by atoms with Crippen molar-refractivity contribution in [2.24, 2.45) is 0 Å². The number of carbonyl (C=O) groups is 1. The molecule has 3 rings (SSSR count). The van der Waals surface area contributed by atoms with Gasteiger partial charge in [-0.05, 0) is 36.2 Å². The fourth-order valence-corrected chi connectivity index (χ4v) is 2.24. The summed E-state index contributed by atoms with van der Waals surface area (Å²) in [5, 5.41) is 2.80. The Morgan fingerprint density at radius 2 is 1.62 bits per heavy atom. The number of hydrogen-bond acceptors (Lipinski definition) is 3. The Labute approximate surface area is 139 Å². The molecule has 0 bridgehead atoms. The van der Waals surface area contributed by atoms with Crippen LogP contribution < -0.4 is 5.32 Å². The van der Waals surface area contributed by atoms with Crippen molar-refractivity contribution in [3.63, 3.8) is 0 Å². The lowest BCUT2D eigenvalue weighted by molar-refractivity contribution is 0.0954. The van der Waals surface area contributed by atoms with Gasteiger partial charge in [0.05, 0.1) is 0 Å². The van der Waals surface area contributed by atoms with Crippen molar-refractivity contribution in [2.45, 2.75) is 6.42 Å². The van der Waals surface area contributed by atoms with E-state index in [4.69, 9.17) is 0 Å². The van der Waals surface area contributed by atoms with Crippen LogP contribution in [-0.2, 0) is 6.42 Å². The van der Waals surface area contributed by atoms with E-state index in [1.807, 2.05) is 30.3 Å². The molecule has 5 heteroatoms. The third-order valence-electron chi connectivity index (χ3n) is 3.54. The molecule has 2 aromatic carbocycles. The zero-order chi connectivity index (χ0) is 16.8. The van der Waals surface area contributed by atoms with Gasteiger partial charge in [-0.3, -0.25) is 4.79 Å². The molecule has 0 unspecified atom stereocenters. The lowest BCUT2D eigenvalue weighted by Gasteiger charge is -2.06. The van der Waals surface area contributed by atoms with Gasteiger partial charge in [0.15, 0.2) is 5.82 Å². The maximum atomic E-state index is 12.8. The largest absolute Gasteiger partial charge is 0.352 e. The first-order valence-corrected chi connectivity index (χ1v) is 7.62. The predicted molar refractivity (Wildman–Crippen MR) is 89.9 cm³/mol. The summed E-state index contributed by atoms with van der Waals surface area (Å²) in [6, 6.07) is 15.2. The number of hydrogen-bond donors (Lipinski definition) is 1. The molecule has 0 spiro atoms. The fourth-order valence-electron chi connectivity index (χ4n) is 2.24. The molecule has 0 radical (unpaired) electrons. The summed E-state index contributed by atoms with van der Waals surface area (Å²) in [5.74, 6) is 0.0914. The fraction of sp³-hybridized carbons (Fsp3) is 0.105. The van der Waals surface area contributed by atoms with Gasteiger partial charge in [0.1, 0.15) is 5.82 Å². The molecule has 1 heterocycles. The van der Waals surface area contributed by atoms with E-state index in [1.165, 1.54) is 24.3 Å². The minimum Gasteiger partial charge on any atom is -0.352 e. The molecular formula is C19H16FN3O. The highest BCUT2D eigenvalue weighted by molar-refractivity contribution is 5.94. The van der Waals surface area contributed by atoms with Crippen molar-refractivity contribution in [1.29, 1.82) is 0 Å². The second-order valence-electron chi connectivity index (χ2n) is 5.29. The van der Waals surface area contributed by atoms with Crippen molar-refractivity contribution in [1.82, 2.24) is 15.3 Å². The molecule has 0 fully saturated rings. The van der Waals surface area contributed by atoms with E-state index in [1.54, 1.807) is 12.4 Å². The number of rotatable bonds is 5. The number of halogens is 1.